The molecule has 3 aromatic heterocycles. The quantitative estimate of drug-likeness (QED) is 0.366. The number of anilines is 1. The van der Waals surface area contributed by atoms with Gasteiger partial charge in [-0.1, -0.05) is 30.3 Å². The van der Waals surface area contributed by atoms with Gasteiger partial charge in [-0.25, -0.2) is 14.5 Å². The predicted molar refractivity (Wildman–Crippen MR) is 134 cm³/mol. The van der Waals surface area contributed by atoms with Gasteiger partial charge in [0.05, 0.1) is 12.7 Å². The van der Waals surface area contributed by atoms with Crippen molar-refractivity contribution < 1.29 is 0 Å². The van der Waals surface area contributed by atoms with E-state index in [1.165, 1.54) is 0 Å². The largest absolute Gasteiger partial charge is 0.366 e. The standard InChI is InChI=1S/C24H28N10/c1-24(25,19-6-4-3-5-7-19)20-12-28-23(29-13-20)27-9-8-26-22-21-10-17(15-34(21)32-16-30-22)18-11-31-33(2)14-18/h3-7,10-12,14-16,20H,8-9,13,25H2,1-2H3,(H,27,29)(H,26,30,32). The summed E-state index contributed by atoms with van der Waals surface area (Å²) in [5.41, 5.74) is 10.2. The van der Waals surface area contributed by atoms with Gasteiger partial charge in [-0.15, -0.1) is 0 Å². The molecule has 0 aliphatic carbocycles. The monoisotopic (exact) mass is 456 g/mol. The lowest BCUT2D eigenvalue weighted by atomic mass is 9.81. The second-order valence-electron chi connectivity index (χ2n) is 8.62. The second-order valence-corrected chi connectivity index (χ2v) is 8.62. The van der Waals surface area contributed by atoms with Crippen molar-refractivity contribution in [3.05, 3.63) is 66.9 Å². The van der Waals surface area contributed by atoms with Crippen molar-refractivity contribution >= 4 is 23.5 Å². The van der Waals surface area contributed by atoms with E-state index >= 15 is 0 Å². The summed E-state index contributed by atoms with van der Waals surface area (Å²) in [6.07, 6.45) is 9.23. The molecule has 10 heteroatoms. The molecule has 0 saturated carbocycles. The number of fused-ring (bicyclic) bond motifs is 1. The molecule has 5 rings (SSSR count). The number of aliphatic imine (C=N–C) groups is 2. The van der Waals surface area contributed by atoms with Gasteiger partial charge in [0, 0.05) is 61.3 Å². The number of rotatable bonds is 7. The fourth-order valence-corrected chi connectivity index (χ4v) is 4.04. The van der Waals surface area contributed by atoms with Crippen molar-refractivity contribution in [2.75, 3.05) is 25.0 Å². The van der Waals surface area contributed by atoms with Crippen LogP contribution in [-0.4, -0.2) is 56.2 Å². The third-order valence-corrected chi connectivity index (χ3v) is 6.13. The van der Waals surface area contributed by atoms with E-state index in [0.29, 0.717) is 25.6 Å². The maximum absolute atomic E-state index is 6.62. The highest BCUT2D eigenvalue weighted by Crippen LogP contribution is 2.27. The molecule has 0 fully saturated rings. The summed E-state index contributed by atoms with van der Waals surface area (Å²) < 4.78 is 3.60. The minimum Gasteiger partial charge on any atom is -0.366 e. The van der Waals surface area contributed by atoms with Crippen LogP contribution in [0.2, 0.25) is 0 Å². The Morgan fingerprint density at radius 2 is 1.91 bits per heavy atom. The number of nitrogens with two attached hydrogens (primary N) is 1. The van der Waals surface area contributed by atoms with Crippen LogP contribution in [0.15, 0.2) is 71.3 Å². The van der Waals surface area contributed by atoms with Crippen molar-refractivity contribution in [3.8, 4) is 11.1 Å². The number of nitrogens with one attached hydrogen (secondary N) is 2. The summed E-state index contributed by atoms with van der Waals surface area (Å²) in [5.74, 6) is 1.43. The van der Waals surface area contributed by atoms with E-state index in [2.05, 4.69) is 41.9 Å². The molecule has 4 heterocycles. The fourth-order valence-electron chi connectivity index (χ4n) is 4.04. The molecule has 0 radical (unpaired) electrons. The molecule has 34 heavy (non-hydrogen) atoms. The number of aryl methyl sites for hydroxylation is 1. The summed E-state index contributed by atoms with van der Waals surface area (Å²) in [4.78, 5) is 13.5. The van der Waals surface area contributed by atoms with E-state index in [4.69, 9.17) is 5.73 Å². The number of hydrogen-bond acceptors (Lipinski definition) is 8. The summed E-state index contributed by atoms with van der Waals surface area (Å²) in [7, 11) is 1.90. The van der Waals surface area contributed by atoms with Gasteiger partial charge in [-0.3, -0.25) is 9.67 Å². The molecule has 0 amide bonds. The van der Waals surface area contributed by atoms with Crippen LogP contribution < -0.4 is 16.4 Å². The minimum atomic E-state index is -0.522. The van der Waals surface area contributed by atoms with Gasteiger partial charge < -0.3 is 16.4 Å². The normalized spacial score (nSPS) is 17.4. The maximum atomic E-state index is 6.62. The van der Waals surface area contributed by atoms with Crippen molar-refractivity contribution in [1.82, 2.24) is 29.7 Å². The van der Waals surface area contributed by atoms with Crippen LogP contribution in [0, 0.1) is 5.92 Å². The van der Waals surface area contributed by atoms with E-state index < -0.39 is 5.54 Å². The Morgan fingerprint density at radius 3 is 2.65 bits per heavy atom. The van der Waals surface area contributed by atoms with Crippen molar-refractivity contribution in [3.63, 3.8) is 0 Å². The Hall–Kier alpha value is -4.05. The fraction of sp³-hybridized carbons (Fsp3) is 0.292. The molecule has 1 aliphatic heterocycles. The van der Waals surface area contributed by atoms with Crippen LogP contribution >= 0.6 is 0 Å². The minimum absolute atomic E-state index is 0.0382. The Bertz CT molecular complexity index is 1330. The lowest BCUT2D eigenvalue weighted by Gasteiger charge is -2.32. The Labute approximate surface area is 197 Å². The molecular formula is C24H28N10. The highest BCUT2D eigenvalue weighted by molar-refractivity contribution is 5.90. The summed E-state index contributed by atoms with van der Waals surface area (Å²) >= 11 is 0. The van der Waals surface area contributed by atoms with Crippen molar-refractivity contribution in [2.24, 2.45) is 28.7 Å². The molecule has 4 aromatic rings. The van der Waals surface area contributed by atoms with E-state index in [1.807, 2.05) is 73.6 Å². The van der Waals surface area contributed by atoms with E-state index in [-0.39, 0.29) is 5.92 Å². The molecule has 4 N–H and O–H groups in total. The van der Waals surface area contributed by atoms with Crippen LogP contribution in [0.5, 0.6) is 0 Å². The van der Waals surface area contributed by atoms with Crippen molar-refractivity contribution in [2.45, 2.75) is 12.5 Å². The Kier molecular flexibility index (Phi) is 5.81. The highest BCUT2D eigenvalue weighted by atomic mass is 15.3. The Morgan fingerprint density at radius 1 is 1.09 bits per heavy atom. The molecule has 1 aromatic carbocycles. The first kappa shape index (κ1) is 21.8. The van der Waals surface area contributed by atoms with Gasteiger partial charge in [0.15, 0.2) is 5.82 Å². The molecule has 0 spiro atoms. The van der Waals surface area contributed by atoms with Gasteiger partial charge in [0.1, 0.15) is 11.8 Å². The average molecular weight is 457 g/mol. The molecule has 174 valence electrons. The first-order chi connectivity index (χ1) is 16.5. The van der Waals surface area contributed by atoms with E-state index in [9.17, 15) is 0 Å². The molecule has 0 saturated heterocycles. The third kappa shape index (κ3) is 4.40. The van der Waals surface area contributed by atoms with Crippen LogP contribution in [0.25, 0.3) is 16.6 Å². The van der Waals surface area contributed by atoms with Crippen LogP contribution in [0.1, 0.15) is 12.5 Å². The Balaban J connectivity index is 1.16. The molecule has 1 aliphatic rings. The lowest BCUT2D eigenvalue weighted by Crippen LogP contribution is -2.45. The summed E-state index contributed by atoms with van der Waals surface area (Å²) in [6.45, 7) is 3.91. The predicted octanol–water partition coefficient (Wildman–Crippen LogP) is 2.06. The van der Waals surface area contributed by atoms with Gasteiger partial charge in [-0.2, -0.15) is 10.2 Å². The van der Waals surface area contributed by atoms with E-state index in [0.717, 1.165) is 28.0 Å². The zero-order valence-corrected chi connectivity index (χ0v) is 19.3. The molecule has 2 unspecified atom stereocenters. The first-order valence-electron chi connectivity index (χ1n) is 11.2. The number of benzene rings is 1. The van der Waals surface area contributed by atoms with Gasteiger partial charge in [-0.05, 0) is 18.6 Å². The van der Waals surface area contributed by atoms with Crippen LogP contribution in [-0.2, 0) is 12.6 Å². The number of hydrogen-bond donors (Lipinski definition) is 3. The van der Waals surface area contributed by atoms with Gasteiger partial charge in [0.2, 0.25) is 5.96 Å². The number of aromatic nitrogens is 5. The van der Waals surface area contributed by atoms with Gasteiger partial charge in [0.25, 0.3) is 0 Å². The van der Waals surface area contributed by atoms with Gasteiger partial charge >= 0.3 is 0 Å². The maximum Gasteiger partial charge on any atom is 0.217 e. The van der Waals surface area contributed by atoms with E-state index in [1.54, 1.807) is 11.0 Å². The molecule has 0 bridgehead atoms. The zero-order valence-electron chi connectivity index (χ0n) is 19.3. The SMILES string of the molecule is Cn1cc(-c2cc3c(NCCNC4=NCC(C(C)(N)c5ccccc5)C=N4)ncnn3c2)cn1. The smallest absolute Gasteiger partial charge is 0.217 e. The van der Waals surface area contributed by atoms with Crippen LogP contribution in [0.4, 0.5) is 5.82 Å². The molecule has 2 atom stereocenters. The average Bonchev–Trinajstić information content (AvgIpc) is 3.49. The third-order valence-electron chi connectivity index (χ3n) is 6.13. The summed E-state index contributed by atoms with van der Waals surface area (Å²) in [6, 6.07) is 12.1. The summed E-state index contributed by atoms with van der Waals surface area (Å²) in [5, 5.41) is 15.2. The second kappa shape index (κ2) is 9.06. The van der Waals surface area contributed by atoms with Crippen molar-refractivity contribution in [1.29, 1.82) is 0 Å². The highest BCUT2D eigenvalue weighted by Gasteiger charge is 2.32. The zero-order chi connectivity index (χ0) is 23.5. The van der Waals surface area contributed by atoms with Crippen LogP contribution in [0.3, 0.4) is 0 Å². The topological polar surface area (TPSA) is 123 Å². The molecule has 10 nitrogen and oxygen atoms in total. The number of nitrogens with zero attached hydrogens (tertiary/aromatic N) is 7. The number of guanidine groups is 1. The molecular weight excluding hydrogens is 428 g/mol. The lowest BCUT2D eigenvalue weighted by molar-refractivity contribution is 0.392. The first-order valence-corrected chi connectivity index (χ1v) is 11.2.